The van der Waals surface area contributed by atoms with Gasteiger partial charge in [-0.25, -0.2) is 8.99 Å². The summed E-state index contributed by atoms with van der Waals surface area (Å²) in [5, 5.41) is 0. The molecule has 0 amide bonds. The first-order valence-corrected chi connectivity index (χ1v) is 7.46. The molecule has 0 heterocycles. The van der Waals surface area contributed by atoms with Crippen LogP contribution < -0.4 is 0 Å². The van der Waals surface area contributed by atoms with Crippen molar-refractivity contribution in [2.75, 3.05) is 6.26 Å². The zero-order valence-electron chi connectivity index (χ0n) is 9.41. The molecule has 1 unspecified atom stereocenters. The van der Waals surface area contributed by atoms with Crippen LogP contribution >= 0.6 is 15.9 Å². The molecule has 0 aromatic heterocycles. The molecular formula is C11H14BrNO2S. The number of hydrogen-bond acceptors (Lipinski definition) is 3. The lowest BCUT2D eigenvalue weighted by molar-refractivity contribution is 0.0961. The topological polar surface area (TPSA) is 58.0 Å². The second kappa shape index (κ2) is 4.30. The van der Waals surface area contributed by atoms with Crippen molar-refractivity contribution in [3.63, 3.8) is 0 Å². The van der Waals surface area contributed by atoms with Crippen LogP contribution in [-0.4, -0.2) is 20.6 Å². The van der Waals surface area contributed by atoms with Gasteiger partial charge in [-0.1, -0.05) is 28.1 Å². The molecule has 0 spiro atoms. The van der Waals surface area contributed by atoms with Crippen molar-refractivity contribution in [2.45, 2.75) is 23.1 Å². The third kappa shape index (κ3) is 3.15. The summed E-state index contributed by atoms with van der Waals surface area (Å²) < 4.78 is 18.2. The van der Waals surface area contributed by atoms with E-state index in [0.717, 1.165) is 0 Å². The zero-order chi connectivity index (χ0) is 12.6. The first-order chi connectivity index (χ1) is 7.12. The van der Waals surface area contributed by atoms with Crippen molar-refractivity contribution in [1.29, 1.82) is 4.78 Å². The summed E-state index contributed by atoms with van der Waals surface area (Å²) in [5.41, 5.74) is 0.550. The number of carbonyl (C=O) groups is 1. The van der Waals surface area contributed by atoms with Crippen molar-refractivity contribution in [1.82, 2.24) is 0 Å². The Morgan fingerprint density at radius 1 is 1.31 bits per heavy atom. The molecule has 1 rings (SSSR count). The van der Waals surface area contributed by atoms with Crippen LogP contribution in [0.1, 0.15) is 24.2 Å². The lowest BCUT2D eigenvalue weighted by atomic mass is 10.0. The Morgan fingerprint density at radius 3 is 2.06 bits per heavy atom. The third-order valence-electron chi connectivity index (χ3n) is 2.11. The van der Waals surface area contributed by atoms with Gasteiger partial charge in [0.25, 0.3) is 0 Å². The minimum Gasteiger partial charge on any atom is -0.293 e. The Bertz CT molecular complexity index is 498. The number of alkyl halides is 1. The standard InChI is InChI=1S/C11H14BrNO2S/c1-11(2,12)10(14)8-4-6-9(7-5-8)16(3,13)15/h4-7,13H,1-3H3. The van der Waals surface area contributed by atoms with Gasteiger partial charge in [-0.2, -0.15) is 0 Å². The average molecular weight is 304 g/mol. The highest BCUT2D eigenvalue weighted by atomic mass is 79.9. The van der Waals surface area contributed by atoms with E-state index in [2.05, 4.69) is 15.9 Å². The van der Waals surface area contributed by atoms with E-state index in [4.69, 9.17) is 4.78 Å². The quantitative estimate of drug-likeness (QED) is 0.689. The molecule has 1 N–H and O–H groups in total. The predicted octanol–water partition coefficient (Wildman–Crippen LogP) is 3.08. The maximum atomic E-state index is 11.9. The number of halogens is 1. The summed E-state index contributed by atoms with van der Waals surface area (Å²) in [6, 6.07) is 6.36. The van der Waals surface area contributed by atoms with Gasteiger partial charge < -0.3 is 0 Å². The maximum absolute atomic E-state index is 11.9. The van der Waals surface area contributed by atoms with Crippen LogP contribution in [-0.2, 0) is 9.73 Å². The van der Waals surface area contributed by atoms with Gasteiger partial charge in [-0.05, 0) is 26.0 Å². The van der Waals surface area contributed by atoms with Crippen LogP contribution in [0.5, 0.6) is 0 Å². The molecule has 5 heteroatoms. The van der Waals surface area contributed by atoms with E-state index >= 15 is 0 Å². The lowest BCUT2D eigenvalue weighted by Crippen LogP contribution is -2.23. The van der Waals surface area contributed by atoms with Crippen molar-refractivity contribution >= 4 is 31.4 Å². The van der Waals surface area contributed by atoms with E-state index in [0.29, 0.717) is 10.5 Å². The van der Waals surface area contributed by atoms with Crippen LogP contribution in [0.25, 0.3) is 0 Å². The van der Waals surface area contributed by atoms with Crippen molar-refractivity contribution in [2.24, 2.45) is 0 Å². The fourth-order valence-electron chi connectivity index (χ4n) is 1.21. The average Bonchev–Trinajstić information content (AvgIpc) is 2.14. The number of ketones is 1. The number of hydrogen-bond donors (Lipinski definition) is 1. The molecule has 88 valence electrons. The monoisotopic (exact) mass is 303 g/mol. The predicted molar refractivity (Wildman–Crippen MR) is 68.8 cm³/mol. The van der Waals surface area contributed by atoms with Crippen LogP contribution in [0, 0.1) is 4.78 Å². The molecule has 0 aliphatic carbocycles. The number of Topliss-reactive ketones (excluding diaryl/α,β-unsaturated/α-hetero) is 1. The molecular weight excluding hydrogens is 290 g/mol. The highest BCUT2D eigenvalue weighted by Crippen LogP contribution is 2.22. The Morgan fingerprint density at radius 2 is 1.75 bits per heavy atom. The normalized spacial score (nSPS) is 15.5. The van der Waals surface area contributed by atoms with Gasteiger partial charge in [0.2, 0.25) is 0 Å². The number of carbonyl (C=O) groups excluding carboxylic acids is 1. The number of nitrogens with one attached hydrogen (secondary N) is 1. The molecule has 1 aromatic rings. The molecule has 0 aliphatic heterocycles. The van der Waals surface area contributed by atoms with Crippen molar-refractivity contribution in [3.8, 4) is 0 Å². The van der Waals surface area contributed by atoms with Crippen LogP contribution in [0.4, 0.5) is 0 Å². The van der Waals surface area contributed by atoms with Crippen LogP contribution in [0.2, 0.25) is 0 Å². The second-order valence-electron chi connectivity index (χ2n) is 4.17. The Balaban J connectivity index is 3.10. The summed E-state index contributed by atoms with van der Waals surface area (Å²) in [6.07, 6.45) is 1.36. The van der Waals surface area contributed by atoms with E-state index in [1.165, 1.54) is 6.26 Å². The van der Waals surface area contributed by atoms with Crippen LogP contribution in [0.3, 0.4) is 0 Å². The second-order valence-corrected chi connectivity index (χ2v) is 8.31. The van der Waals surface area contributed by atoms with E-state index in [9.17, 15) is 9.00 Å². The summed E-state index contributed by atoms with van der Waals surface area (Å²) >= 11 is 3.30. The number of rotatable bonds is 3. The number of benzene rings is 1. The summed E-state index contributed by atoms with van der Waals surface area (Å²) in [4.78, 5) is 12.3. The Hall–Kier alpha value is -0.680. The van der Waals surface area contributed by atoms with Gasteiger partial charge >= 0.3 is 0 Å². The van der Waals surface area contributed by atoms with Gasteiger partial charge in [0.05, 0.1) is 14.1 Å². The largest absolute Gasteiger partial charge is 0.293 e. The van der Waals surface area contributed by atoms with Crippen molar-refractivity contribution < 1.29 is 9.00 Å². The van der Waals surface area contributed by atoms with Gasteiger partial charge in [-0.15, -0.1) is 0 Å². The summed E-state index contributed by atoms with van der Waals surface area (Å²) in [5.74, 6) is -0.0355. The highest BCUT2D eigenvalue weighted by Gasteiger charge is 2.24. The molecule has 0 aliphatic rings. The summed E-state index contributed by atoms with van der Waals surface area (Å²) in [7, 11) is -2.70. The fourth-order valence-corrected chi connectivity index (χ4v) is 2.09. The molecule has 0 saturated heterocycles. The van der Waals surface area contributed by atoms with Crippen LogP contribution in [0.15, 0.2) is 29.2 Å². The Kier molecular flexibility index (Phi) is 3.59. The van der Waals surface area contributed by atoms with E-state index in [1.54, 1.807) is 38.1 Å². The zero-order valence-corrected chi connectivity index (χ0v) is 11.8. The molecule has 3 nitrogen and oxygen atoms in total. The molecule has 0 saturated carbocycles. The molecule has 0 fully saturated rings. The van der Waals surface area contributed by atoms with E-state index in [1.807, 2.05) is 0 Å². The smallest absolute Gasteiger partial charge is 0.178 e. The molecule has 1 aromatic carbocycles. The first-order valence-electron chi connectivity index (χ1n) is 4.70. The summed E-state index contributed by atoms with van der Waals surface area (Å²) in [6.45, 7) is 3.55. The molecule has 0 radical (unpaired) electrons. The SMILES string of the molecule is CC(C)(Br)C(=O)c1ccc(S(C)(=N)=O)cc1. The molecule has 1 atom stereocenters. The minimum atomic E-state index is -2.70. The maximum Gasteiger partial charge on any atom is 0.178 e. The molecule has 0 bridgehead atoms. The van der Waals surface area contributed by atoms with E-state index < -0.39 is 14.1 Å². The van der Waals surface area contributed by atoms with Gasteiger partial charge in [0.1, 0.15) is 0 Å². The van der Waals surface area contributed by atoms with Gasteiger partial charge in [-0.3, -0.25) is 4.79 Å². The van der Waals surface area contributed by atoms with E-state index in [-0.39, 0.29) is 5.78 Å². The van der Waals surface area contributed by atoms with Gasteiger partial charge in [0, 0.05) is 16.7 Å². The van der Waals surface area contributed by atoms with Crippen molar-refractivity contribution in [3.05, 3.63) is 29.8 Å². The minimum absolute atomic E-state index is 0.0355. The highest BCUT2D eigenvalue weighted by molar-refractivity contribution is 9.10. The lowest BCUT2D eigenvalue weighted by Gasteiger charge is -2.14. The van der Waals surface area contributed by atoms with Gasteiger partial charge in [0.15, 0.2) is 5.78 Å². The fraction of sp³-hybridized carbons (Fsp3) is 0.364. The Labute approximate surface area is 104 Å². The third-order valence-corrected chi connectivity index (χ3v) is 3.64. The first kappa shape index (κ1) is 13.4. The molecule has 16 heavy (non-hydrogen) atoms.